The number of nitrogens with one attached hydrogen (secondary N) is 3. The van der Waals surface area contributed by atoms with E-state index in [1.54, 1.807) is 73.3 Å². The van der Waals surface area contributed by atoms with Crippen LogP contribution in [-0.2, 0) is 34.8 Å². The third kappa shape index (κ3) is 11.4. The molecule has 0 spiro atoms. The smallest absolute Gasteiger partial charge is 0.416 e. The number of rotatable bonds is 15. The molecule has 2 heterocycles. The molecule has 17 nitrogen and oxygen atoms in total. The van der Waals surface area contributed by atoms with E-state index < -0.39 is 74.7 Å². The van der Waals surface area contributed by atoms with Gasteiger partial charge in [0.15, 0.2) is 26.0 Å². The van der Waals surface area contributed by atoms with Crippen LogP contribution in [0.15, 0.2) is 79.4 Å². The van der Waals surface area contributed by atoms with Gasteiger partial charge in [-0.2, -0.15) is 0 Å². The lowest BCUT2D eigenvalue weighted by molar-refractivity contribution is -0.128. The number of anilines is 2. The first-order chi connectivity index (χ1) is 30.1. The first-order valence-electron chi connectivity index (χ1n) is 21.0. The number of methoxy groups -OCH3 is 1. The summed E-state index contributed by atoms with van der Waals surface area (Å²) >= 11 is 0. The summed E-state index contributed by atoms with van der Waals surface area (Å²) in [5.74, 6) is -2.75. The molecule has 0 radical (unpaired) electrons. The standard InChI is InChI=1S/C46H59N5O12Si/c1-11-21-60-44(57)49-38(27(2)3)40(54)47-28(4)39(53)48-31-19-17-29(18-20-31)26-61-45(58)51-34-24-36(52)37(59-8)23-33(34)41(55)50-25-32(62-43(56)30-15-13-12-14-16-30)22-35(50)42(51)63-64(9,10)46(5,6)7/h11-20,23-24,27-28,32,35,38,42,52H,1,21-22,25-26H2,2-10H3,(H,47,54)(H,48,53)(H,49,57)/t28-,32+,35?,38-,42+/m1/s1. The highest BCUT2D eigenvalue weighted by Crippen LogP contribution is 2.45. The Morgan fingerprint density at radius 2 is 1.62 bits per heavy atom. The van der Waals surface area contributed by atoms with Gasteiger partial charge in [-0.25, -0.2) is 19.3 Å². The van der Waals surface area contributed by atoms with E-state index in [-0.39, 0.29) is 59.9 Å². The molecule has 64 heavy (non-hydrogen) atoms. The van der Waals surface area contributed by atoms with Crippen LogP contribution >= 0.6 is 0 Å². The molecule has 2 aliphatic heterocycles. The number of hydrogen-bond acceptors (Lipinski definition) is 12. The Labute approximate surface area is 374 Å². The first kappa shape index (κ1) is 48.6. The second-order valence-electron chi connectivity index (χ2n) is 17.6. The summed E-state index contributed by atoms with van der Waals surface area (Å²) in [6.07, 6.45) is -2.01. The van der Waals surface area contributed by atoms with Crippen molar-refractivity contribution in [2.75, 3.05) is 30.5 Å². The third-order valence-electron chi connectivity index (χ3n) is 11.5. The van der Waals surface area contributed by atoms with Crippen LogP contribution in [0.1, 0.15) is 74.2 Å². The predicted octanol–water partition coefficient (Wildman–Crippen LogP) is 6.73. The number of carbonyl (C=O) groups is 6. The van der Waals surface area contributed by atoms with Crippen LogP contribution < -0.4 is 25.6 Å². The number of amides is 5. The number of phenols is 1. The molecule has 0 aromatic heterocycles. The first-order valence-corrected chi connectivity index (χ1v) is 23.9. The average molecular weight is 902 g/mol. The fourth-order valence-electron chi connectivity index (χ4n) is 6.93. The van der Waals surface area contributed by atoms with Gasteiger partial charge in [-0.15, -0.1) is 0 Å². The van der Waals surface area contributed by atoms with Gasteiger partial charge in [-0.1, -0.05) is 77.6 Å². The minimum Gasteiger partial charge on any atom is -0.504 e. The minimum atomic E-state index is -2.75. The van der Waals surface area contributed by atoms with Crippen molar-refractivity contribution in [3.63, 3.8) is 0 Å². The van der Waals surface area contributed by atoms with Crippen LogP contribution in [0.2, 0.25) is 18.1 Å². The zero-order valence-corrected chi connectivity index (χ0v) is 38.8. The maximum atomic E-state index is 14.6. The SMILES string of the molecule is C=CCOC(=O)N[C@@H](C(=O)N[C@H](C)C(=O)Nc1ccc(COC(=O)N2c3cc(O)c(OC)cc3C(=O)N3C[C@@H](OC(=O)c4ccccc4)CC3[C@@H]2O[Si](C)(C)C(C)(C)C)cc1)C(C)C. The van der Waals surface area contributed by atoms with Crippen LogP contribution in [-0.4, -0.2) is 105 Å². The molecule has 5 amide bonds. The van der Waals surface area contributed by atoms with E-state index in [0.717, 1.165) is 0 Å². The second kappa shape index (κ2) is 20.4. The lowest BCUT2D eigenvalue weighted by atomic mass is 10.0. The zero-order chi connectivity index (χ0) is 47.1. The van der Waals surface area contributed by atoms with Crippen molar-refractivity contribution in [3.05, 3.63) is 96.1 Å². The Bertz CT molecular complexity index is 2210. The molecule has 1 unspecified atom stereocenters. The van der Waals surface area contributed by atoms with Crippen LogP contribution in [0.5, 0.6) is 11.5 Å². The monoisotopic (exact) mass is 901 g/mol. The summed E-state index contributed by atoms with van der Waals surface area (Å²) in [5.41, 5.74) is 1.38. The number of esters is 1. The highest BCUT2D eigenvalue weighted by molar-refractivity contribution is 6.74. The lowest BCUT2D eigenvalue weighted by Crippen LogP contribution is -2.58. The number of hydrogen-bond donors (Lipinski definition) is 4. The Morgan fingerprint density at radius 1 is 0.953 bits per heavy atom. The fourth-order valence-corrected chi connectivity index (χ4v) is 8.15. The number of carbonyl (C=O) groups excluding carboxylic acids is 6. The van der Waals surface area contributed by atoms with Gasteiger partial charge in [0.05, 0.1) is 36.5 Å². The quantitative estimate of drug-likeness (QED) is 0.0542. The maximum Gasteiger partial charge on any atom is 0.416 e. The highest BCUT2D eigenvalue weighted by Gasteiger charge is 2.53. The van der Waals surface area contributed by atoms with Crippen molar-refractivity contribution in [1.29, 1.82) is 0 Å². The topological polar surface area (TPSA) is 211 Å². The number of aromatic hydroxyl groups is 1. The fraction of sp³-hybridized carbons (Fsp3) is 0.435. The van der Waals surface area contributed by atoms with Crippen molar-refractivity contribution in [1.82, 2.24) is 15.5 Å². The van der Waals surface area contributed by atoms with E-state index in [4.69, 9.17) is 23.4 Å². The van der Waals surface area contributed by atoms with E-state index >= 15 is 0 Å². The van der Waals surface area contributed by atoms with Gasteiger partial charge in [-0.3, -0.25) is 14.4 Å². The zero-order valence-electron chi connectivity index (χ0n) is 37.8. The predicted molar refractivity (Wildman–Crippen MR) is 240 cm³/mol. The third-order valence-corrected chi connectivity index (χ3v) is 16.0. The van der Waals surface area contributed by atoms with Gasteiger partial charge >= 0.3 is 18.2 Å². The molecule has 18 heteroatoms. The minimum absolute atomic E-state index is 0.00852. The van der Waals surface area contributed by atoms with E-state index in [1.165, 1.54) is 37.1 Å². The van der Waals surface area contributed by atoms with Crippen LogP contribution in [0.3, 0.4) is 0 Å². The maximum absolute atomic E-state index is 14.6. The molecular formula is C46H59N5O12Si. The highest BCUT2D eigenvalue weighted by atomic mass is 28.4. The number of nitrogens with zero attached hydrogens (tertiary/aromatic N) is 2. The van der Waals surface area contributed by atoms with Crippen molar-refractivity contribution in [2.45, 2.75) is 103 Å². The summed E-state index contributed by atoms with van der Waals surface area (Å²) in [7, 11) is -1.41. The van der Waals surface area contributed by atoms with Crippen LogP contribution in [0, 0.1) is 5.92 Å². The van der Waals surface area contributed by atoms with Gasteiger partial charge in [0.1, 0.15) is 31.4 Å². The van der Waals surface area contributed by atoms with Gasteiger partial charge in [0.25, 0.3) is 5.91 Å². The van der Waals surface area contributed by atoms with Crippen LogP contribution in [0.25, 0.3) is 0 Å². The molecule has 344 valence electrons. The van der Waals surface area contributed by atoms with Gasteiger partial charge in [0.2, 0.25) is 11.8 Å². The van der Waals surface area contributed by atoms with E-state index in [1.807, 2.05) is 33.9 Å². The molecule has 0 saturated carbocycles. The number of ether oxygens (including phenoxy) is 4. The number of alkyl carbamates (subject to hydrolysis) is 1. The van der Waals surface area contributed by atoms with Crippen molar-refractivity contribution in [2.24, 2.45) is 5.92 Å². The Hall–Kier alpha value is -6.40. The molecular weight excluding hydrogens is 843 g/mol. The molecule has 2 aliphatic rings. The summed E-state index contributed by atoms with van der Waals surface area (Å²) in [5, 5.41) is 18.5. The normalized spacial score (nSPS) is 18.1. The largest absolute Gasteiger partial charge is 0.504 e. The Morgan fingerprint density at radius 3 is 2.23 bits per heavy atom. The molecule has 5 atom stereocenters. The molecule has 5 rings (SSSR count). The van der Waals surface area contributed by atoms with Crippen LogP contribution in [0.4, 0.5) is 21.0 Å². The van der Waals surface area contributed by atoms with E-state index in [2.05, 4.69) is 22.5 Å². The molecule has 0 bridgehead atoms. The molecule has 4 N–H and O–H groups in total. The summed E-state index contributed by atoms with van der Waals surface area (Å²) in [6, 6.07) is 14.9. The Balaban J connectivity index is 1.37. The second-order valence-corrected chi connectivity index (χ2v) is 22.3. The van der Waals surface area contributed by atoms with Gasteiger partial charge in [0, 0.05) is 18.2 Å². The van der Waals surface area contributed by atoms with Crippen molar-refractivity contribution < 1.29 is 57.2 Å². The molecule has 3 aromatic rings. The molecule has 1 saturated heterocycles. The lowest BCUT2D eigenvalue weighted by Gasteiger charge is -2.44. The molecule has 3 aromatic carbocycles. The van der Waals surface area contributed by atoms with E-state index in [9.17, 15) is 33.9 Å². The molecule has 1 fully saturated rings. The number of fused-ring (bicyclic) bond motifs is 2. The number of benzene rings is 3. The molecule has 0 aliphatic carbocycles. The van der Waals surface area contributed by atoms with Crippen molar-refractivity contribution in [3.8, 4) is 11.5 Å². The van der Waals surface area contributed by atoms with Gasteiger partial charge in [-0.05, 0) is 66.9 Å². The van der Waals surface area contributed by atoms with E-state index in [0.29, 0.717) is 16.8 Å². The van der Waals surface area contributed by atoms with Gasteiger partial charge < -0.3 is 49.3 Å². The van der Waals surface area contributed by atoms with Crippen molar-refractivity contribution >= 4 is 55.6 Å². The summed E-state index contributed by atoms with van der Waals surface area (Å²) in [4.78, 5) is 83.3. The Kier molecular flexibility index (Phi) is 15.5. The average Bonchev–Trinajstić information content (AvgIpc) is 3.64. The summed E-state index contributed by atoms with van der Waals surface area (Å²) in [6.45, 7) is 18.4. The summed E-state index contributed by atoms with van der Waals surface area (Å²) < 4.78 is 29.2. The number of phenolic OH excluding ortho intramolecular Hbond substituents is 1.